The fourth-order valence-corrected chi connectivity index (χ4v) is 2.32. The van der Waals surface area contributed by atoms with Crippen LogP contribution >= 0.6 is 0 Å². The normalized spacial score (nSPS) is 14.8. The van der Waals surface area contributed by atoms with Gasteiger partial charge in [0.1, 0.15) is 5.75 Å². The van der Waals surface area contributed by atoms with Crippen molar-refractivity contribution in [3.05, 3.63) is 24.3 Å². The number of rotatable bonds is 9. The summed E-state index contributed by atoms with van der Waals surface area (Å²) < 4.78 is 5.73. The molecule has 1 aliphatic rings. The number of nitrogen functional groups attached to an aromatic ring is 1. The van der Waals surface area contributed by atoms with Gasteiger partial charge < -0.3 is 15.4 Å². The van der Waals surface area contributed by atoms with Crippen molar-refractivity contribution >= 4 is 5.69 Å². The predicted molar refractivity (Wildman–Crippen MR) is 80.4 cm³/mol. The smallest absolute Gasteiger partial charge is 0.119 e. The van der Waals surface area contributed by atoms with Gasteiger partial charge in [0.25, 0.3) is 0 Å². The molecule has 3 nitrogen and oxygen atoms in total. The molecule has 0 heterocycles. The molecule has 1 aromatic carbocycles. The second-order valence-electron chi connectivity index (χ2n) is 5.52. The van der Waals surface area contributed by atoms with Crippen molar-refractivity contribution in [1.82, 2.24) is 4.90 Å². The SMILES string of the molecule is CCCN(CCCOc1ccc(N)cc1)CC1CC1. The zero-order valence-corrected chi connectivity index (χ0v) is 12.0. The van der Waals surface area contributed by atoms with Crippen LogP contribution in [-0.4, -0.2) is 31.1 Å². The highest BCUT2D eigenvalue weighted by molar-refractivity contribution is 5.41. The fourth-order valence-electron chi connectivity index (χ4n) is 2.32. The third kappa shape index (κ3) is 5.52. The molecule has 0 saturated heterocycles. The summed E-state index contributed by atoms with van der Waals surface area (Å²) in [5, 5.41) is 0. The monoisotopic (exact) mass is 262 g/mol. The molecule has 1 fully saturated rings. The first-order chi connectivity index (χ1) is 9.28. The van der Waals surface area contributed by atoms with E-state index in [4.69, 9.17) is 10.5 Å². The zero-order chi connectivity index (χ0) is 13.5. The van der Waals surface area contributed by atoms with E-state index in [0.717, 1.165) is 36.9 Å². The number of anilines is 1. The molecule has 1 aromatic rings. The van der Waals surface area contributed by atoms with Gasteiger partial charge in [0.05, 0.1) is 6.61 Å². The van der Waals surface area contributed by atoms with Gasteiger partial charge in [0.2, 0.25) is 0 Å². The largest absolute Gasteiger partial charge is 0.494 e. The summed E-state index contributed by atoms with van der Waals surface area (Å²) in [6, 6.07) is 7.63. The lowest BCUT2D eigenvalue weighted by atomic mass is 10.3. The average molecular weight is 262 g/mol. The molecule has 0 aliphatic heterocycles. The molecule has 0 spiro atoms. The molecule has 2 N–H and O–H groups in total. The minimum Gasteiger partial charge on any atom is -0.494 e. The van der Waals surface area contributed by atoms with Crippen molar-refractivity contribution < 1.29 is 4.74 Å². The molecular weight excluding hydrogens is 236 g/mol. The van der Waals surface area contributed by atoms with Gasteiger partial charge in [-0.1, -0.05) is 6.92 Å². The summed E-state index contributed by atoms with van der Waals surface area (Å²) in [4.78, 5) is 2.59. The fraction of sp³-hybridized carbons (Fsp3) is 0.625. The Kier molecular flexibility index (Phi) is 5.52. The van der Waals surface area contributed by atoms with Gasteiger partial charge in [-0.2, -0.15) is 0 Å². The van der Waals surface area contributed by atoms with Gasteiger partial charge >= 0.3 is 0 Å². The Bertz CT molecular complexity index is 360. The van der Waals surface area contributed by atoms with Crippen molar-refractivity contribution in [2.45, 2.75) is 32.6 Å². The van der Waals surface area contributed by atoms with Crippen LogP contribution in [0, 0.1) is 5.92 Å². The Labute approximate surface area is 116 Å². The van der Waals surface area contributed by atoms with Gasteiger partial charge in [-0.05, 0) is 62.4 Å². The average Bonchev–Trinajstić information content (AvgIpc) is 3.21. The topological polar surface area (TPSA) is 38.5 Å². The minimum absolute atomic E-state index is 0.783. The lowest BCUT2D eigenvalue weighted by molar-refractivity contribution is 0.227. The van der Waals surface area contributed by atoms with Crippen LogP contribution in [-0.2, 0) is 0 Å². The molecule has 0 unspecified atom stereocenters. The lowest BCUT2D eigenvalue weighted by Crippen LogP contribution is -2.29. The number of hydrogen-bond acceptors (Lipinski definition) is 3. The van der Waals surface area contributed by atoms with Crippen LogP contribution in [0.4, 0.5) is 5.69 Å². The number of hydrogen-bond donors (Lipinski definition) is 1. The van der Waals surface area contributed by atoms with Crippen molar-refractivity contribution in [1.29, 1.82) is 0 Å². The van der Waals surface area contributed by atoms with E-state index in [0.29, 0.717) is 0 Å². The van der Waals surface area contributed by atoms with Crippen molar-refractivity contribution in [3.8, 4) is 5.75 Å². The maximum atomic E-state index is 5.73. The summed E-state index contributed by atoms with van der Waals surface area (Å²) in [6.07, 6.45) is 5.20. The van der Waals surface area contributed by atoms with E-state index >= 15 is 0 Å². The van der Waals surface area contributed by atoms with E-state index in [2.05, 4.69) is 11.8 Å². The summed E-state index contributed by atoms with van der Waals surface area (Å²) in [7, 11) is 0. The van der Waals surface area contributed by atoms with Crippen molar-refractivity contribution in [2.75, 3.05) is 32.0 Å². The van der Waals surface area contributed by atoms with Crippen molar-refractivity contribution in [2.24, 2.45) is 5.92 Å². The first kappa shape index (κ1) is 14.2. The van der Waals surface area contributed by atoms with Gasteiger partial charge in [0.15, 0.2) is 0 Å². The van der Waals surface area contributed by atoms with E-state index in [-0.39, 0.29) is 0 Å². The standard InChI is InChI=1S/C16H26N2O/c1-2-10-18(13-14-4-5-14)11-3-12-19-16-8-6-15(17)7-9-16/h6-9,14H,2-5,10-13,17H2,1H3. The second kappa shape index (κ2) is 7.39. The van der Waals surface area contributed by atoms with Gasteiger partial charge in [-0.25, -0.2) is 0 Å². The summed E-state index contributed by atoms with van der Waals surface area (Å²) in [5.41, 5.74) is 6.43. The highest BCUT2D eigenvalue weighted by Crippen LogP contribution is 2.29. The molecule has 0 radical (unpaired) electrons. The molecule has 3 heteroatoms. The molecule has 0 aromatic heterocycles. The number of nitrogens with zero attached hydrogens (tertiary/aromatic N) is 1. The summed E-state index contributed by atoms with van der Waals surface area (Å²) in [5.74, 6) is 1.89. The first-order valence-electron chi connectivity index (χ1n) is 7.48. The number of benzene rings is 1. The third-order valence-electron chi connectivity index (χ3n) is 3.52. The molecule has 0 atom stereocenters. The maximum absolute atomic E-state index is 5.73. The highest BCUT2D eigenvalue weighted by Gasteiger charge is 2.23. The van der Waals surface area contributed by atoms with Crippen LogP contribution in [0.3, 0.4) is 0 Å². The van der Waals surface area contributed by atoms with Crippen LogP contribution in [0.15, 0.2) is 24.3 Å². The Morgan fingerprint density at radius 1 is 1.21 bits per heavy atom. The van der Waals surface area contributed by atoms with Crippen LogP contribution in [0.1, 0.15) is 32.6 Å². The van der Waals surface area contributed by atoms with E-state index in [1.165, 1.54) is 32.4 Å². The zero-order valence-electron chi connectivity index (χ0n) is 12.0. The van der Waals surface area contributed by atoms with Crippen LogP contribution in [0.5, 0.6) is 5.75 Å². The second-order valence-corrected chi connectivity index (χ2v) is 5.52. The van der Waals surface area contributed by atoms with Gasteiger partial charge in [-0.3, -0.25) is 0 Å². The molecule has 0 amide bonds. The molecular formula is C16H26N2O. The van der Waals surface area contributed by atoms with Gasteiger partial charge in [0, 0.05) is 18.8 Å². The van der Waals surface area contributed by atoms with E-state index < -0.39 is 0 Å². The molecule has 106 valence electrons. The Balaban J connectivity index is 1.62. The van der Waals surface area contributed by atoms with E-state index in [9.17, 15) is 0 Å². The quantitative estimate of drug-likeness (QED) is 0.549. The molecule has 19 heavy (non-hydrogen) atoms. The molecule has 2 rings (SSSR count). The molecule has 0 bridgehead atoms. The summed E-state index contributed by atoms with van der Waals surface area (Å²) >= 11 is 0. The van der Waals surface area contributed by atoms with Gasteiger partial charge in [-0.15, -0.1) is 0 Å². The Morgan fingerprint density at radius 3 is 2.58 bits per heavy atom. The van der Waals surface area contributed by atoms with Crippen LogP contribution < -0.4 is 10.5 Å². The lowest BCUT2D eigenvalue weighted by Gasteiger charge is -2.21. The number of ether oxygens (including phenoxy) is 1. The summed E-state index contributed by atoms with van der Waals surface area (Å²) in [6.45, 7) is 6.70. The predicted octanol–water partition coefficient (Wildman–Crippen LogP) is 3.16. The molecule has 1 saturated carbocycles. The van der Waals surface area contributed by atoms with E-state index in [1.807, 2.05) is 24.3 Å². The molecule has 1 aliphatic carbocycles. The highest BCUT2D eigenvalue weighted by atomic mass is 16.5. The third-order valence-corrected chi connectivity index (χ3v) is 3.52. The van der Waals surface area contributed by atoms with Crippen LogP contribution in [0.2, 0.25) is 0 Å². The maximum Gasteiger partial charge on any atom is 0.119 e. The van der Waals surface area contributed by atoms with Crippen LogP contribution in [0.25, 0.3) is 0 Å². The number of nitrogens with two attached hydrogens (primary N) is 1. The van der Waals surface area contributed by atoms with E-state index in [1.54, 1.807) is 0 Å². The Morgan fingerprint density at radius 2 is 1.95 bits per heavy atom. The first-order valence-corrected chi connectivity index (χ1v) is 7.48. The van der Waals surface area contributed by atoms with Crippen molar-refractivity contribution in [3.63, 3.8) is 0 Å². The Hall–Kier alpha value is -1.22. The minimum atomic E-state index is 0.783.